The fourth-order valence-electron chi connectivity index (χ4n) is 2.68. The molecule has 0 aromatic heterocycles. The second kappa shape index (κ2) is 6.72. The molecule has 0 saturated carbocycles. The minimum atomic E-state index is -0.474. The second-order valence-corrected chi connectivity index (χ2v) is 7.63. The molecule has 0 unspecified atom stereocenters. The number of nitrogens with one attached hydrogen (secondary N) is 1. The largest absolute Gasteiger partial charge is 0.444 e. The second-order valence-electron chi connectivity index (χ2n) is 7.63. The van der Waals surface area contributed by atoms with Crippen molar-refractivity contribution in [3.05, 3.63) is 0 Å². The van der Waals surface area contributed by atoms with Crippen molar-refractivity contribution in [1.29, 1.82) is 0 Å². The van der Waals surface area contributed by atoms with E-state index in [-0.39, 0.29) is 12.1 Å². The molecule has 0 atom stereocenters. The van der Waals surface area contributed by atoms with Crippen LogP contribution >= 0.6 is 0 Å². The highest BCUT2D eigenvalue weighted by atomic mass is 16.7. The van der Waals surface area contributed by atoms with Gasteiger partial charge in [0.05, 0.1) is 19.3 Å². The average Bonchev–Trinajstić information content (AvgIpc) is 2.40. The Bertz CT molecular complexity index is 374. The van der Waals surface area contributed by atoms with Crippen LogP contribution in [0.4, 0.5) is 4.79 Å². The summed E-state index contributed by atoms with van der Waals surface area (Å²) in [4.78, 5) is 13.8. The fraction of sp³-hybridized carbons (Fsp3) is 0.938. The molecule has 2 aliphatic rings. The number of piperidine rings is 1. The van der Waals surface area contributed by atoms with Crippen LogP contribution in [0.5, 0.6) is 0 Å². The van der Waals surface area contributed by atoms with E-state index in [0.29, 0.717) is 19.3 Å². The Balaban J connectivity index is 1.70. The van der Waals surface area contributed by atoms with Crippen molar-refractivity contribution >= 4 is 6.09 Å². The van der Waals surface area contributed by atoms with E-state index in [1.807, 2.05) is 34.6 Å². The topological polar surface area (TPSA) is 60.0 Å². The van der Waals surface area contributed by atoms with Crippen LogP contribution in [0.1, 0.15) is 47.5 Å². The molecule has 128 valence electrons. The molecular formula is C16H30N2O4. The Morgan fingerprint density at radius 1 is 1.14 bits per heavy atom. The van der Waals surface area contributed by atoms with Crippen LogP contribution in [0.15, 0.2) is 0 Å². The van der Waals surface area contributed by atoms with E-state index >= 15 is 0 Å². The SMILES string of the molecule is CC(C)(C)OC(=O)N1CCC(NC2COC(C)(C)OC2)CC1. The summed E-state index contributed by atoms with van der Waals surface area (Å²) >= 11 is 0. The van der Waals surface area contributed by atoms with Gasteiger partial charge in [0.2, 0.25) is 0 Å². The first-order valence-corrected chi connectivity index (χ1v) is 8.16. The van der Waals surface area contributed by atoms with Crippen LogP contribution in [0.2, 0.25) is 0 Å². The third kappa shape index (κ3) is 5.41. The zero-order valence-corrected chi connectivity index (χ0v) is 14.5. The molecule has 2 heterocycles. The van der Waals surface area contributed by atoms with Crippen LogP contribution in [0.3, 0.4) is 0 Å². The van der Waals surface area contributed by atoms with Crippen LogP contribution in [-0.2, 0) is 14.2 Å². The first kappa shape index (κ1) is 17.5. The zero-order chi connectivity index (χ0) is 16.4. The molecular weight excluding hydrogens is 284 g/mol. The standard InChI is InChI=1S/C16H30N2O4/c1-15(2,3)22-14(19)18-8-6-12(7-9-18)17-13-10-20-16(4,5)21-11-13/h12-13,17H,6-11H2,1-5H3. The van der Waals surface area contributed by atoms with Gasteiger partial charge in [-0.1, -0.05) is 0 Å². The highest BCUT2D eigenvalue weighted by Gasteiger charge is 2.31. The maximum Gasteiger partial charge on any atom is 0.410 e. The molecule has 22 heavy (non-hydrogen) atoms. The number of carbonyl (C=O) groups is 1. The van der Waals surface area contributed by atoms with E-state index < -0.39 is 11.4 Å². The highest BCUT2D eigenvalue weighted by molar-refractivity contribution is 5.68. The van der Waals surface area contributed by atoms with Crippen molar-refractivity contribution in [3.63, 3.8) is 0 Å². The normalized spacial score (nSPS) is 24.3. The lowest BCUT2D eigenvalue weighted by atomic mass is 10.0. The fourth-order valence-corrected chi connectivity index (χ4v) is 2.68. The number of hydrogen-bond acceptors (Lipinski definition) is 5. The number of hydrogen-bond donors (Lipinski definition) is 1. The first-order chi connectivity index (χ1) is 10.1. The van der Waals surface area contributed by atoms with Gasteiger partial charge in [-0.25, -0.2) is 4.79 Å². The van der Waals surface area contributed by atoms with E-state index in [9.17, 15) is 4.79 Å². The number of amides is 1. The van der Waals surface area contributed by atoms with Crippen LogP contribution in [0, 0.1) is 0 Å². The third-order valence-corrected chi connectivity index (χ3v) is 3.88. The van der Waals surface area contributed by atoms with Crippen molar-refractivity contribution < 1.29 is 19.0 Å². The molecule has 2 rings (SSSR count). The van der Waals surface area contributed by atoms with Gasteiger partial charge >= 0.3 is 6.09 Å². The monoisotopic (exact) mass is 314 g/mol. The van der Waals surface area contributed by atoms with Crippen LogP contribution in [0.25, 0.3) is 0 Å². The smallest absolute Gasteiger partial charge is 0.410 e. The summed E-state index contributed by atoms with van der Waals surface area (Å²) in [7, 11) is 0. The molecule has 2 aliphatic heterocycles. The third-order valence-electron chi connectivity index (χ3n) is 3.88. The van der Waals surface area contributed by atoms with Crippen molar-refractivity contribution in [1.82, 2.24) is 10.2 Å². The Labute approximate surface area is 133 Å². The Hall–Kier alpha value is -0.850. The Morgan fingerprint density at radius 3 is 2.18 bits per heavy atom. The summed E-state index contributed by atoms with van der Waals surface area (Å²) in [6.07, 6.45) is 1.65. The first-order valence-electron chi connectivity index (χ1n) is 8.16. The van der Waals surface area contributed by atoms with Crippen LogP contribution < -0.4 is 5.32 Å². The number of carbonyl (C=O) groups excluding carboxylic acids is 1. The lowest BCUT2D eigenvalue weighted by Crippen LogP contribution is -2.54. The number of ether oxygens (including phenoxy) is 3. The maximum atomic E-state index is 12.0. The molecule has 0 aliphatic carbocycles. The van der Waals surface area contributed by atoms with E-state index in [1.165, 1.54) is 0 Å². The Kier molecular flexibility index (Phi) is 5.35. The molecule has 0 radical (unpaired) electrons. The number of nitrogens with zero attached hydrogens (tertiary/aromatic N) is 1. The van der Waals surface area contributed by atoms with Gasteiger partial charge in [0, 0.05) is 19.1 Å². The van der Waals surface area contributed by atoms with Crippen LogP contribution in [-0.4, -0.2) is 60.8 Å². The molecule has 6 heteroatoms. The lowest BCUT2D eigenvalue weighted by molar-refractivity contribution is -0.253. The predicted molar refractivity (Wildman–Crippen MR) is 83.7 cm³/mol. The minimum Gasteiger partial charge on any atom is -0.444 e. The predicted octanol–water partition coefficient (Wildman–Crippen LogP) is 2.13. The molecule has 0 aromatic carbocycles. The van der Waals surface area contributed by atoms with Gasteiger partial charge in [0.25, 0.3) is 0 Å². The van der Waals surface area contributed by atoms with Gasteiger partial charge < -0.3 is 24.4 Å². The molecule has 2 saturated heterocycles. The summed E-state index contributed by atoms with van der Waals surface area (Å²) in [6.45, 7) is 12.3. The highest BCUT2D eigenvalue weighted by Crippen LogP contribution is 2.19. The molecule has 0 bridgehead atoms. The van der Waals surface area contributed by atoms with Crippen molar-refractivity contribution in [2.75, 3.05) is 26.3 Å². The Morgan fingerprint density at radius 2 is 1.68 bits per heavy atom. The summed E-state index contributed by atoms with van der Waals surface area (Å²) in [5, 5.41) is 3.57. The maximum absolute atomic E-state index is 12.0. The molecule has 6 nitrogen and oxygen atoms in total. The zero-order valence-electron chi connectivity index (χ0n) is 14.5. The van der Waals surface area contributed by atoms with E-state index in [0.717, 1.165) is 25.9 Å². The lowest BCUT2D eigenvalue weighted by Gasteiger charge is -2.39. The van der Waals surface area contributed by atoms with E-state index in [4.69, 9.17) is 14.2 Å². The number of likely N-dealkylation sites (tertiary alicyclic amines) is 1. The molecule has 0 aromatic rings. The average molecular weight is 314 g/mol. The van der Waals surface area contributed by atoms with Gasteiger partial charge in [0.1, 0.15) is 5.60 Å². The van der Waals surface area contributed by atoms with Crippen molar-refractivity contribution in [2.45, 2.75) is 70.9 Å². The summed E-state index contributed by atoms with van der Waals surface area (Å²) in [5.74, 6) is -0.474. The summed E-state index contributed by atoms with van der Waals surface area (Å²) in [5.41, 5.74) is -0.435. The summed E-state index contributed by atoms with van der Waals surface area (Å²) < 4.78 is 16.7. The molecule has 1 N–H and O–H groups in total. The molecule has 1 amide bonds. The van der Waals surface area contributed by atoms with Gasteiger partial charge in [-0.3, -0.25) is 0 Å². The van der Waals surface area contributed by atoms with Crippen molar-refractivity contribution in [3.8, 4) is 0 Å². The van der Waals surface area contributed by atoms with Gasteiger partial charge in [-0.05, 0) is 47.5 Å². The van der Waals surface area contributed by atoms with Gasteiger partial charge in [-0.15, -0.1) is 0 Å². The van der Waals surface area contributed by atoms with Gasteiger partial charge in [0.15, 0.2) is 5.79 Å². The molecule has 2 fully saturated rings. The number of rotatable bonds is 2. The van der Waals surface area contributed by atoms with E-state index in [1.54, 1.807) is 4.90 Å². The van der Waals surface area contributed by atoms with Gasteiger partial charge in [-0.2, -0.15) is 0 Å². The van der Waals surface area contributed by atoms with Crippen molar-refractivity contribution in [2.24, 2.45) is 0 Å². The summed E-state index contributed by atoms with van der Waals surface area (Å²) in [6, 6.07) is 0.628. The quantitative estimate of drug-likeness (QED) is 0.846. The minimum absolute atomic E-state index is 0.211. The van der Waals surface area contributed by atoms with E-state index in [2.05, 4.69) is 5.32 Å². The molecule has 0 spiro atoms.